The molecule has 33 heavy (non-hydrogen) atoms. The molecule has 2 N–H and O–H groups in total. The maximum absolute atomic E-state index is 12.9. The van der Waals surface area contributed by atoms with Crippen molar-refractivity contribution in [2.75, 3.05) is 5.32 Å². The van der Waals surface area contributed by atoms with Crippen LogP contribution in [0.25, 0.3) is 10.8 Å². The van der Waals surface area contributed by atoms with Crippen molar-refractivity contribution in [1.29, 1.82) is 0 Å². The van der Waals surface area contributed by atoms with Gasteiger partial charge in [-0.2, -0.15) is 0 Å². The van der Waals surface area contributed by atoms with Gasteiger partial charge in [0.2, 0.25) is 0 Å². The number of carbonyl (C=O) groups excluding carboxylic acids is 3. The molecule has 4 rings (SSSR count). The van der Waals surface area contributed by atoms with E-state index in [4.69, 9.17) is 4.74 Å². The highest BCUT2D eigenvalue weighted by atomic mass is 16.5. The number of fused-ring (bicyclic) bond motifs is 1. The summed E-state index contributed by atoms with van der Waals surface area (Å²) in [5.74, 6) is -0.704. The molecule has 0 heterocycles. The summed E-state index contributed by atoms with van der Waals surface area (Å²) in [6.07, 6.45) is 0. The lowest BCUT2D eigenvalue weighted by atomic mass is 10.0. The molecule has 0 atom stereocenters. The first-order valence-corrected chi connectivity index (χ1v) is 10.4. The number of rotatable bonds is 6. The Morgan fingerprint density at radius 1 is 0.788 bits per heavy atom. The van der Waals surface area contributed by atoms with Crippen LogP contribution in [0.4, 0.5) is 5.69 Å². The van der Waals surface area contributed by atoms with Crippen molar-refractivity contribution in [1.82, 2.24) is 5.32 Å². The average Bonchev–Trinajstić information content (AvgIpc) is 2.82. The van der Waals surface area contributed by atoms with E-state index in [0.29, 0.717) is 22.6 Å². The summed E-state index contributed by atoms with van der Waals surface area (Å²) in [7, 11) is 0. The van der Waals surface area contributed by atoms with Gasteiger partial charge in [0.05, 0.1) is 0 Å². The standard InChI is InChI=1S/C27H22N2O4/c1-18(30)33-22-12-6-11-20(16-22)26(31)29-25-15-5-3-9-21(25)17-28-27(32)24-14-7-10-19-8-2-4-13-23(19)24/h2-16H,17H2,1H3,(H,28,32)(H,29,31). The van der Waals surface area contributed by atoms with Gasteiger partial charge < -0.3 is 15.4 Å². The first-order chi connectivity index (χ1) is 16.0. The highest BCUT2D eigenvalue weighted by molar-refractivity contribution is 6.07. The largest absolute Gasteiger partial charge is 0.427 e. The maximum atomic E-state index is 12.9. The molecule has 4 aromatic carbocycles. The van der Waals surface area contributed by atoms with Crippen LogP contribution in [-0.2, 0) is 11.3 Å². The molecule has 0 bridgehead atoms. The molecule has 0 saturated heterocycles. The van der Waals surface area contributed by atoms with Gasteiger partial charge in [0, 0.05) is 30.3 Å². The van der Waals surface area contributed by atoms with Gasteiger partial charge in [0.1, 0.15) is 5.75 Å². The Kier molecular flexibility index (Phi) is 6.45. The van der Waals surface area contributed by atoms with Crippen molar-refractivity contribution in [2.45, 2.75) is 13.5 Å². The van der Waals surface area contributed by atoms with E-state index in [1.165, 1.54) is 13.0 Å². The Balaban J connectivity index is 1.48. The molecule has 0 unspecified atom stereocenters. The van der Waals surface area contributed by atoms with Gasteiger partial charge in [-0.1, -0.05) is 60.7 Å². The molecule has 2 amide bonds. The van der Waals surface area contributed by atoms with E-state index in [1.54, 1.807) is 36.4 Å². The van der Waals surface area contributed by atoms with E-state index in [9.17, 15) is 14.4 Å². The third-order valence-corrected chi connectivity index (χ3v) is 5.10. The van der Waals surface area contributed by atoms with E-state index >= 15 is 0 Å². The summed E-state index contributed by atoms with van der Waals surface area (Å²) >= 11 is 0. The summed E-state index contributed by atoms with van der Waals surface area (Å²) in [5, 5.41) is 7.69. The quantitative estimate of drug-likeness (QED) is 0.330. The molecule has 0 saturated carbocycles. The first kappa shape index (κ1) is 21.8. The Morgan fingerprint density at radius 3 is 2.36 bits per heavy atom. The number of hydrogen-bond donors (Lipinski definition) is 2. The van der Waals surface area contributed by atoms with Crippen LogP contribution in [0.5, 0.6) is 5.75 Å². The Labute approximate surface area is 191 Å². The zero-order chi connectivity index (χ0) is 23.2. The monoisotopic (exact) mass is 438 g/mol. The smallest absolute Gasteiger partial charge is 0.308 e. The molecule has 0 aliphatic heterocycles. The number of nitrogens with one attached hydrogen (secondary N) is 2. The van der Waals surface area contributed by atoms with Crippen LogP contribution < -0.4 is 15.4 Å². The normalized spacial score (nSPS) is 10.5. The Bertz CT molecular complexity index is 1340. The molecule has 0 aromatic heterocycles. The highest BCUT2D eigenvalue weighted by Gasteiger charge is 2.13. The van der Waals surface area contributed by atoms with Crippen molar-refractivity contribution in [3.8, 4) is 5.75 Å². The predicted molar refractivity (Wildman–Crippen MR) is 127 cm³/mol. The molecular weight excluding hydrogens is 416 g/mol. The lowest BCUT2D eigenvalue weighted by Gasteiger charge is -2.13. The predicted octanol–water partition coefficient (Wildman–Crippen LogP) is 4.95. The lowest BCUT2D eigenvalue weighted by Crippen LogP contribution is -2.24. The van der Waals surface area contributed by atoms with Crippen molar-refractivity contribution >= 4 is 34.2 Å². The minimum absolute atomic E-state index is 0.193. The number of hydrogen-bond acceptors (Lipinski definition) is 4. The van der Waals surface area contributed by atoms with Gasteiger partial charge >= 0.3 is 5.97 Å². The van der Waals surface area contributed by atoms with Crippen LogP contribution in [0.3, 0.4) is 0 Å². The fourth-order valence-corrected chi connectivity index (χ4v) is 3.55. The fourth-order valence-electron chi connectivity index (χ4n) is 3.55. The average molecular weight is 438 g/mol. The second-order valence-corrected chi connectivity index (χ2v) is 7.44. The number of benzene rings is 4. The van der Waals surface area contributed by atoms with Gasteiger partial charge in [-0.25, -0.2) is 0 Å². The first-order valence-electron chi connectivity index (χ1n) is 10.4. The second kappa shape index (κ2) is 9.78. The molecule has 4 aromatic rings. The van der Waals surface area contributed by atoms with E-state index in [-0.39, 0.29) is 18.4 Å². The van der Waals surface area contributed by atoms with E-state index in [2.05, 4.69) is 10.6 Å². The Hall–Kier alpha value is -4.45. The number of esters is 1. The van der Waals surface area contributed by atoms with Gasteiger partial charge in [-0.15, -0.1) is 0 Å². The van der Waals surface area contributed by atoms with Crippen molar-refractivity contribution in [3.05, 3.63) is 108 Å². The second-order valence-electron chi connectivity index (χ2n) is 7.44. The van der Waals surface area contributed by atoms with Crippen LogP contribution in [-0.4, -0.2) is 17.8 Å². The molecule has 0 radical (unpaired) electrons. The van der Waals surface area contributed by atoms with Crippen LogP contribution >= 0.6 is 0 Å². The topological polar surface area (TPSA) is 84.5 Å². The zero-order valence-corrected chi connectivity index (χ0v) is 18.0. The molecule has 164 valence electrons. The number of carbonyl (C=O) groups is 3. The van der Waals surface area contributed by atoms with Gasteiger partial charge in [0.25, 0.3) is 11.8 Å². The zero-order valence-electron chi connectivity index (χ0n) is 18.0. The third-order valence-electron chi connectivity index (χ3n) is 5.10. The van der Waals surface area contributed by atoms with E-state index in [0.717, 1.165) is 16.3 Å². The minimum atomic E-state index is -0.458. The maximum Gasteiger partial charge on any atom is 0.308 e. The summed E-state index contributed by atoms with van der Waals surface area (Å²) in [5.41, 5.74) is 2.29. The molecule has 0 spiro atoms. The Morgan fingerprint density at radius 2 is 1.52 bits per heavy atom. The van der Waals surface area contributed by atoms with Gasteiger partial charge in [0.15, 0.2) is 0 Å². The van der Waals surface area contributed by atoms with E-state index < -0.39 is 5.97 Å². The van der Waals surface area contributed by atoms with E-state index in [1.807, 2.05) is 48.5 Å². The van der Waals surface area contributed by atoms with Crippen LogP contribution in [0.2, 0.25) is 0 Å². The van der Waals surface area contributed by atoms with Crippen LogP contribution in [0, 0.1) is 0 Å². The highest BCUT2D eigenvalue weighted by Crippen LogP contribution is 2.21. The molecule has 6 nitrogen and oxygen atoms in total. The summed E-state index contributed by atoms with van der Waals surface area (Å²) in [6, 6.07) is 27.0. The third kappa shape index (κ3) is 5.25. The van der Waals surface area contributed by atoms with Gasteiger partial charge in [-0.3, -0.25) is 14.4 Å². The molecular formula is C27H22N2O4. The van der Waals surface area contributed by atoms with Gasteiger partial charge in [-0.05, 0) is 46.7 Å². The van der Waals surface area contributed by atoms with Crippen LogP contribution in [0.15, 0.2) is 91.0 Å². The molecule has 6 heteroatoms. The van der Waals surface area contributed by atoms with Crippen molar-refractivity contribution in [2.24, 2.45) is 0 Å². The summed E-state index contributed by atoms with van der Waals surface area (Å²) < 4.78 is 5.05. The molecule has 0 fully saturated rings. The SMILES string of the molecule is CC(=O)Oc1cccc(C(=O)Nc2ccccc2CNC(=O)c2cccc3ccccc23)c1. The molecule has 0 aliphatic rings. The van der Waals surface area contributed by atoms with Crippen molar-refractivity contribution < 1.29 is 19.1 Å². The number of amides is 2. The number of ether oxygens (including phenoxy) is 1. The minimum Gasteiger partial charge on any atom is -0.427 e. The van der Waals surface area contributed by atoms with Crippen molar-refractivity contribution in [3.63, 3.8) is 0 Å². The number of anilines is 1. The molecule has 0 aliphatic carbocycles. The summed E-state index contributed by atoms with van der Waals surface area (Å²) in [6.45, 7) is 1.54. The number of para-hydroxylation sites is 1. The van der Waals surface area contributed by atoms with Crippen LogP contribution in [0.1, 0.15) is 33.2 Å². The lowest BCUT2D eigenvalue weighted by molar-refractivity contribution is -0.131. The fraction of sp³-hybridized carbons (Fsp3) is 0.0741. The summed E-state index contributed by atoms with van der Waals surface area (Å²) in [4.78, 5) is 36.8.